The number of hydrogen-bond acceptors (Lipinski definition) is 3. The lowest BCUT2D eigenvalue weighted by Crippen LogP contribution is -1.84. The highest BCUT2D eigenvalue weighted by Crippen LogP contribution is 2.26. The van der Waals surface area contributed by atoms with Gasteiger partial charge in [0.1, 0.15) is 11.5 Å². The molecule has 0 amide bonds. The van der Waals surface area contributed by atoms with E-state index in [1.165, 1.54) is 5.56 Å². The zero-order valence-corrected chi connectivity index (χ0v) is 10.4. The van der Waals surface area contributed by atoms with Crippen LogP contribution >= 0.6 is 11.8 Å². The minimum atomic E-state index is 0.310. The van der Waals surface area contributed by atoms with Crippen LogP contribution in [0.4, 0.5) is 0 Å². The van der Waals surface area contributed by atoms with E-state index < -0.39 is 0 Å². The summed E-state index contributed by atoms with van der Waals surface area (Å²) >= 11 is 1.70. The Morgan fingerprint density at radius 2 is 1.88 bits per heavy atom. The number of methoxy groups -OCH3 is 1. The van der Waals surface area contributed by atoms with Crippen LogP contribution in [0.15, 0.2) is 53.4 Å². The highest BCUT2D eigenvalue weighted by Gasteiger charge is 1.98. The van der Waals surface area contributed by atoms with Crippen molar-refractivity contribution in [1.29, 1.82) is 0 Å². The molecule has 0 atom stereocenters. The van der Waals surface area contributed by atoms with Gasteiger partial charge in [-0.15, -0.1) is 11.8 Å². The van der Waals surface area contributed by atoms with E-state index in [2.05, 4.69) is 12.1 Å². The highest BCUT2D eigenvalue weighted by molar-refractivity contribution is 7.98. The van der Waals surface area contributed by atoms with Crippen molar-refractivity contribution in [2.45, 2.75) is 10.6 Å². The average molecular weight is 246 g/mol. The summed E-state index contributed by atoms with van der Waals surface area (Å²) in [6, 6.07) is 15.3. The van der Waals surface area contributed by atoms with Gasteiger partial charge in [0.25, 0.3) is 0 Å². The maximum Gasteiger partial charge on any atom is 0.118 e. The van der Waals surface area contributed by atoms with Crippen molar-refractivity contribution >= 4 is 11.8 Å². The molecule has 0 fully saturated rings. The molecule has 0 aliphatic heterocycles. The van der Waals surface area contributed by atoms with Crippen molar-refractivity contribution in [3.8, 4) is 11.5 Å². The fourth-order valence-electron chi connectivity index (χ4n) is 1.46. The number of thioether (sulfide) groups is 1. The van der Waals surface area contributed by atoms with E-state index in [4.69, 9.17) is 4.74 Å². The van der Waals surface area contributed by atoms with E-state index in [-0.39, 0.29) is 0 Å². The van der Waals surface area contributed by atoms with Gasteiger partial charge < -0.3 is 9.84 Å². The van der Waals surface area contributed by atoms with Crippen LogP contribution in [0.3, 0.4) is 0 Å². The molecule has 2 nitrogen and oxygen atoms in total. The van der Waals surface area contributed by atoms with Gasteiger partial charge in [-0.1, -0.05) is 18.2 Å². The summed E-state index contributed by atoms with van der Waals surface area (Å²) in [7, 11) is 1.66. The summed E-state index contributed by atoms with van der Waals surface area (Å²) in [5.74, 6) is 2.06. The van der Waals surface area contributed by atoms with Crippen molar-refractivity contribution in [2.75, 3.05) is 7.11 Å². The number of aromatic hydroxyl groups is 1. The van der Waals surface area contributed by atoms with Crippen molar-refractivity contribution in [1.82, 2.24) is 0 Å². The first-order valence-electron chi connectivity index (χ1n) is 5.33. The average Bonchev–Trinajstić information content (AvgIpc) is 2.37. The molecule has 0 unspecified atom stereocenters. The molecular weight excluding hydrogens is 232 g/mol. The first-order valence-corrected chi connectivity index (χ1v) is 6.31. The Bertz CT molecular complexity index is 480. The first kappa shape index (κ1) is 11.9. The Hall–Kier alpha value is -1.61. The topological polar surface area (TPSA) is 29.5 Å². The van der Waals surface area contributed by atoms with Gasteiger partial charge in [-0.2, -0.15) is 0 Å². The molecule has 3 heteroatoms. The number of phenols is 1. The summed E-state index contributed by atoms with van der Waals surface area (Å²) in [6.07, 6.45) is 0. The normalized spacial score (nSPS) is 10.2. The molecule has 2 aromatic carbocycles. The molecule has 1 N–H and O–H groups in total. The molecule has 0 saturated carbocycles. The molecule has 17 heavy (non-hydrogen) atoms. The maximum absolute atomic E-state index is 9.35. The second-order valence-electron chi connectivity index (χ2n) is 3.63. The molecule has 88 valence electrons. The van der Waals surface area contributed by atoms with Crippen LogP contribution in [0.25, 0.3) is 0 Å². The van der Waals surface area contributed by atoms with E-state index >= 15 is 0 Å². The molecule has 0 saturated heterocycles. The molecule has 0 aromatic heterocycles. The Morgan fingerprint density at radius 3 is 2.53 bits per heavy atom. The zero-order chi connectivity index (χ0) is 12.1. The van der Waals surface area contributed by atoms with Gasteiger partial charge in [0.2, 0.25) is 0 Å². The van der Waals surface area contributed by atoms with Crippen molar-refractivity contribution in [3.05, 3.63) is 54.1 Å². The van der Waals surface area contributed by atoms with Crippen LogP contribution in [-0.4, -0.2) is 12.2 Å². The van der Waals surface area contributed by atoms with Crippen LogP contribution in [0.1, 0.15) is 5.56 Å². The lowest BCUT2D eigenvalue weighted by atomic mass is 10.2. The van der Waals surface area contributed by atoms with E-state index in [1.807, 2.05) is 24.3 Å². The largest absolute Gasteiger partial charge is 0.508 e. The minimum Gasteiger partial charge on any atom is -0.508 e. The fourth-order valence-corrected chi connectivity index (χ4v) is 2.37. The lowest BCUT2D eigenvalue weighted by Gasteiger charge is -2.04. The van der Waals surface area contributed by atoms with Gasteiger partial charge in [0.15, 0.2) is 0 Å². The van der Waals surface area contributed by atoms with Gasteiger partial charge in [0, 0.05) is 10.6 Å². The van der Waals surface area contributed by atoms with E-state index in [0.29, 0.717) is 5.75 Å². The van der Waals surface area contributed by atoms with E-state index in [9.17, 15) is 5.11 Å². The lowest BCUT2D eigenvalue weighted by molar-refractivity contribution is 0.414. The third kappa shape index (κ3) is 3.43. The molecule has 0 aliphatic carbocycles. The molecule has 0 heterocycles. The van der Waals surface area contributed by atoms with Crippen LogP contribution < -0.4 is 4.74 Å². The first-order chi connectivity index (χ1) is 8.28. The van der Waals surface area contributed by atoms with E-state index in [1.54, 1.807) is 31.0 Å². The van der Waals surface area contributed by atoms with Crippen LogP contribution in [0.2, 0.25) is 0 Å². The molecule has 0 aliphatic rings. The summed E-state index contributed by atoms with van der Waals surface area (Å²) in [5.41, 5.74) is 1.24. The maximum atomic E-state index is 9.35. The summed E-state index contributed by atoms with van der Waals surface area (Å²) in [5, 5.41) is 9.35. The van der Waals surface area contributed by atoms with Gasteiger partial charge >= 0.3 is 0 Å². The number of rotatable bonds is 4. The zero-order valence-electron chi connectivity index (χ0n) is 9.59. The number of phenolic OH excluding ortho intramolecular Hbond substituents is 1. The molecular formula is C14H14O2S. The third-order valence-corrected chi connectivity index (χ3v) is 3.45. The van der Waals surface area contributed by atoms with Crippen LogP contribution in [0, 0.1) is 0 Å². The second-order valence-corrected chi connectivity index (χ2v) is 4.68. The molecule has 2 aromatic rings. The molecule has 2 rings (SSSR count). The molecule has 0 spiro atoms. The standard InChI is InChI=1S/C14H14O2S/c1-16-13-7-5-11(6-8-13)10-17-14-4-2-3-12(15)9-14/h2-9,15H,10H2,1H3. The predicted octanol–water partition coefficient (Wildman–Crippen LogP) is 3.69. The Balaban J connectivity index is 1.97. The van der Waals surface area contributed by atoms with Gasteiger partial charge in [-0.05, 0) is 35.9 Å². The van der Waals surface area contributed by atoms with Crippen LogP contribution in [0.5, 0.6) is 11.5 Å². The number of hydrogen-bond donors (Lipinski definition) is 1. The summed E-state index contributed by atoms with van der Waals surface area (Å²) in [6.45, 7) is 0. The van der Waals surface area contributed by atoms with E-state index in [0.717, 1.165) is 16.4 Å². The Labute approximate surface area is 105 Å². The van der Waals surface area contributed by atoms with Crippen molar-refractivity contribution in [2.24, 2.45) is 0 Å². The Morgan fingerprint density at radius 1 is 1.12 bits per heavy atom. The monoisotopic (exact) mass is 246 g/mol. The van der Waals surface area contributed by atoms with Gasteiger partial charge in [-0.3, -0.25) is 0 Å². The quantitative estimate of drug-likeness (QED) is 0.834. The number of ether oxygens (including phenoxy) is 1. The predicted molar refractivity (Wildman–Crippen MR) is 70.7 cm³/mol. The van der Waals surface area contributed by atoms with Crippen LogP contribution in [-0.2, 0) is 5.75 Å². The smallest absolute Gasteiger partial charge is 0.118 e. The van der Waals surface area contributed by atoms with Gasteiger partial charge in [-0.25, -0.2) is 0 Å². The second kappa shape index (κ2) is 5.64. The molecule has 0 radical (unpaired) electrons. The molecule has 0 bridgehead atoms. The minimum absolute atomic E-state index is 0.310. The van der Waals surface area contributed by atoms with Crippen molar-refractivity contribution in [3.63, 3.8) is 0 Å². The number of benzene rings is 2. The third-order valence-electron chi connectivity index (χ3n) is 2.38. The summed E-state index contributed by atoms with van der Waals surface area (Å²) < 4.78 is 5.11. The summed E-state index contributed by atoms with van der Waals surface area (Å²) in [4.78, 5) is 1.07. The SMILES string of the molecule is COc1ccc(CSc2cccc(O)c2)cc1. The fraction of sp³-hybridized carbons (Fsp3) is 0.143. The Kier molecular flexibility index (Phi) is 3.94. The van der Waals surface area contributed by atoms with Gasteiger partial charge in [0.05, 0.1) is 7.11 Å². The highest BCUT2D eigenvalue weighted by atomic mass is 32.2. The van der Waals surface area contributed by atoms with Crippen molar-refractivity contribution < 1.29 is 9.84 Å².